The molecule has 2 nitrogen and oxygen atoms in total. The monoisotopic (exact) mass is 203 g/mol. The van der Waals surface area contributed by atoms with Crippen molar-refractivity contribution in [3.63, 3.8) is 0 Å². The zero-order valence-electron chi connectivity index (χ0n) is 10.1. The van der Waals surface area contributed by atoms with Crippen LogP contribution >= 0.6 is 0 Å². The van der Waals surface area contributed by atoms with E-state index in [0.29, 0.717) is 5.92 Å². The molecule has 0 radical (unpaired) electrons. The molecule has 2 N–H and O–H groups in total. The molecule has 0 fully saturated rings. The smallest absolute Gasteiger partial charge is 0.194 e. The zero-order chi connectivity index (χ0) is 10.9. The number of hydrogen-bond acceptors (Lipinski definition) is 2. The average molecular weight is 203 g/mol. The molecule has 0 bridgehead atoms. The van der Waals surface area contributed by atoms with E-state index in [1.807, 2.05) is 0 Å². The molecular formula is C10H25NOSi. The average Bonchev–Trinajstić information content (AvgIpc) is 1.83. The lowest BCUT2D eigenvalue weighted by Crippen LogP contribution is -2.48. The molecule has 0 aromatic heterocycles. The molecule has 0 amide bonds. The van der Waals surface area contributed by atoms with E-state index >= 15 is 0 Å². The molecule has 0 saturated heterocycles. The van der Waals surface area contributed by atoms with Gasteiger partial charge in [-0.2, -0.15) is 0 Å². The summed E-state index contributed by atoms with van der Waals surface area (Å²) in [5.41, 5.74) is 5.91. The van der Waals surface area contributed by atoms with Gasteiger partial charge in [-0.3, -0.25) is 0 Å². The molecule has 0 heterocycles. The lowest BCUT2D eigenvalue weighted by Gasteiger charge is -2.39. The Morgan fingerprint density at radius 3 is 1.77 bits per heavy atom. The minimum atomic E-state index is -1.66. The van der Waals surface area contributed by atoms with E-state index in [1.54, 1.807) is 0 Å². The van der Waals surface area contributed by atoms with Crippen molar-refractivity contribution in [3.05, 3.63) is 0 Å². The van der Waals surface area contributed by atoms with Crippen LogP contribution in [-0.4, -0.2) is 14.5 Å². The lowest BCUT2D eigenvalue weighted by atomic mass is 10.2. The molecule has 0 aliphatic heterocycles. The van der Waals surface area contributed by atoms with Crippen LogP contribution in [-0.2, 0) is 4.43 Å². The molecule has 0 aromatic carbocycles. The fourth-order valence-electron chi connectivity index (χ4n) is 0.653. The molecule has 1 atom stereocenters. The van der Waals surface area contributed by atoms with Gasteiger partial charge in [0.25, 0.3) is 0 Å². The predicted octanol–water partition coefficient (Wildman–Crippen LogP) is 2.95. The van der Waals surface area contributed by atoms with Crippen molar-refractivity contribution < 1.29 is 4.43 Å². The summed E-state index contributed by atoms with van der Waals surface area (Å²) in [5, 5.41) is 0.250. The Labute approximate surface area is 84.0 Å². The molecule has 13 heavy (non-hydrogen) atoms. The number of rotatable bonds is 3. The molecule has 0 saturated carbocycles. The summed E-state index contributed by atoms with van der Waals surface area (Å²) in [6.45, 7) is 15.3. The summed E-state index contributed by atoms with van der Waals surface area (Å²) in [5.74, 6) is 0.397. The van der Waals surface area contributed by atoms with Crippen LogP contribution in [0.3, 0.4) is 0 Å². The minimum absolute atomic E-state index is 0.110. The van der Waals surface area contributed by atoms with Gasteiger partial charge in [0.15, 0.2) is 8.32 Å². The van der Waals surface area contributed by atoms with E-state index in [4.69, 9.17) is 10.2 Å². The van der Waals surface area contributed by atoms with Crippen LogP contribution in [0.4, 0.5) is 0 Å². The Morgan fingerprint density at radius 2 is 1.54 bits per heavy atom. The molecule has 0 aliphatic carbocycles. The Kier molecular flexibility index (Phi) is 4.15. The number of hydrogen-bond donors (Lipinski definition) is 1. The Bertz CT molecular complexity index is 161. The first-order valence-corrected chi connectivity index (χ1v) is 7.92. The fourth-order valence-corrected chi connectivity index (χ4v) is 1.96. The van der Waals surface area contributed by atoms with Crippen LogP contribution in [0.25, 0.3) is 0 Å². The van der Waals surface area contributed by atoms with E-state index in [-0.39, 0.29) is 11.3 Å². The van der Waals surface area contributed by atoms with Crippen LogP contribution in [0.2, 0.25) is 18.1 Å². The van der Waals surface area contributed by atoms with Crippen LogP contribution in [0.1, 0.15) is 34.6 Å². The van der Waals surface area contributed by atoms with Gasteiger partial charge in [0, 0.05) is 0 Å². The van der Waals surface area contributed by atoms with Crippen LogP contribution in [0, 0.1) is 5.92 Å². The van der Waals surface area contributed by atoms with Crippen molar-refractivity contribution in [2.24, 2.45) is 11.7 Å². The second-order valence-corrected chi connectivity index (χ2v) is 10.3. The van der Waals surface area contributed by atoms with Gasteiger partial charge in [-0.05, 0) is 24.1 Å². The molecule has 80 valence electrons. The molecule has 0 aliphatic rings. The molecular weight excluding hydrogens is 178 g/mol. The van der Waals surface area contributed by atoms with Crippen LogP contribution in [0.15, 0.2) is 0 Å². The first-order chi connectivity index (χ1) is 5.58. The van der Waals surface area contributed by atoms with Crippen LogP contribution < -0.4 is 5.73 Å². The Hall–Kier alpha value is 0.137. The zero-order valence-corrected chi connectivity index (χ0v) is 11.1. The van der Waals surface area contributed by atoms with Gasteiger partial charge in [0.2, 0.25) is 0 Å². The maximum absolute atomic E-state index is 5.98. The SMILES string of the molecule is CC(C)C(N)O[Si](C)(C)C(C)(C)C. The highest BCUT2D eigenvalue weighted by Crippen LogP contribution is 2.37. The van der Waals surface area contributed by atoms with Gasteiger partial charge < -0.3 is 10.2 Å². The van der Waals surface area contributed by atoms with E-state index < -0.39 is 8.32 Å². The summed E-state index contributed by atoms with van der Waals surface area (Å²) >= 11 is 0. The third kappa shape index (κ3) is 3.79. The van der Waals surface area contributed by atoms with E-state index in [0.717, 1.165) is 0 Å². The first kappa shape index (κ1) is 13.1. The second kappa shape index (κ2) is 4.11. The van der Waals surface area contributed by atoms with Crippen molar-refractivity contribution in [2.75, 3.05) is 0 Å². The van der Waals surface area contributed by atoms with Gasteiger partial charge in [-0.15, -0.1) is 0 Å². The molecule has 3 heteroatoms. The molecule has 0 aromatic rings. The maximum atomic E-state index is 5.98. The highest BCUT2D eigenvalue weighted by molar-refractivity contribution is 6.74. The highest BCUT2D eigenvalue weighted by Gasteiger charge is 2.38. The predicted molar refractivity (Wildman–Crippen MR) is 61.1 cm³/mol. The fraction of sp³-hybridized carbons (Fsp3) is 1.00. The standard InChI is InChI=1S/C10H25NOSi/c1-8(2)9(11)12-13(6,7)10(3,4)5/h8-9H,11H2,1-7H3. The van der Waals surface area contributed by atoms with Gasteiger partial charge in [0.1, 0.15) is 0 Å². The van der Waals surface area contributed by atoms with Gasteiger partial charge in [-0.1, -0.05) is 34.6 Å². The topological polar surface area (TPSA) is 35.2 Å². The quantitative estimate of drug-likeness (QED) is 0.565. The Morgan fingerprint density at radius 1 is 1.15 bits per heavy atom. The molecule has 1 unspecified atom stereocenters. The van der Waals surface area contributed by atoms with Crippen molar-refractivity contribution in [1.82, 2.24) is 0 Å². The third-order valence-electron chi connectivity index (χ3n) is 2.89. The summed E-state index contributed by atoms with van der Waals surface area (Å²) in [4.78, 5) is 0. The lowest BCUT2D eigenvalue weighted by molar-refractivity contribution is 0.140. The minimum Gasteiger partial charge on any atom is -0.402 e. The highest BCUT2D eigenvalue weighted by atomic mass is 28.4. The number of nitrogens with two attached hydrogens (primary N) is 1. The van der Waals surface area contributed by atoms with Crippen molar-refractivity contribution in [3.8, 4) is 0 Å². The van der Waals surface area contributed by atoms with E-state index in [2.05, 4.69) is 47.7 Å². The second-order valence-electron chi connectivity index (χ2n) is 5.59. The van der Waals surface area contributed by atoms with Gasteiger partial charge in [-0.25, -0.2) is 0 Å². The van der Waals surface area contributed by atoms with E-state index in [9.17, 15) is 0 Å². The summed E-state index contributed by atoms with van der Waals surface area (Å²) in [7, 11) is -1.66. The normalized spacial score (nSPS) is 16.4. The van der Waals surface area contributed by atoms with Crippen molar-refractivity contribution in [2.45, 2.75) is 59.0 Å². The first-order valence-electron chi connectivity index (χ1n) is 5.01. The largest absolute Gasteiger partial charge is 0.402 e. The molecule has 0 rings (SSSR count). The van der Waals surface area contributed by atoms with Crippen LogP contribution in [0.5, 0.6) is 0 Å². The molecule has 0 spiro atoms. The van der Waals surface area contributed by atoms with Crippen molar-refractivity contribution >= 4 is 8.32 Å². The van der Waals surface area contributed by atoms with Crippen molar-refractivity contribution in [1.29, 1.82) is 0 Å². The summed E-state index contributed by atoms with van der Waals surface area (Å²) in [6, 6.07) is 0. The van der Waals surface area contributed by atoms with Gasteiger partial charge >= 0.3 is 0 Å². The Balaban J connectivity index is 4.34. The van der Waals surface area contributed by atoms with E-state index in [1.165, 1.54) is 0 Å². The third-order valence-corrected chi connectivity index (χ3v) is 7.37. The summed E-state index contributed by atoms with van der Waals surface area (Å²) < 4.78 is 5.98. The summed E-state index contributed by atoms with van der Waals surface area (Å²) in [6.07, 6.45) is -0.110. The maximum Gasteiger partial charge on any atom is 0.194 e. The van der Waals surface area contributed by atoms with Gasteiger partial charge in [0.05, 0.1) is 6.23 Å².